The molecule has 1 atom stereocenters. The van der Waals surface area contributed by atoms with Gasteiger partial charge in [-0.15, -0.1) is 16.8 Å². The van der Waals surface area contributed by atoms with E-state index in [2.05, 4.69) is 22.1 Å². The lowest BCUT2D eigenvalue weighted by Gasteiger charge is -2.16. The number of rotatable bonds is 9. The van der Waals surface area contributed by atoms with E-state index in [4.69, 9.17) is 16.3 Å². The highest BCUT2D eigenvalue weighted by molar-refractivity contribution is 7.99. The maximum absolute atomic E-state index is 12.9. The second kappa shape index (κ2) is 10.8. The number of alkyl halides is 3. The van der Waals surface area contributed by atoms with Crippen molar-refractivity contribution in [2.24, 2.45) is 0 Å². The SMILES string of the molecule is C=CCn1c(SCC(=O)Nc2cccc(C(F)(F)F)c2)nnc1C(C)Oc1ccccc1Cl. The summed E-state index contributed by atoms with van der Waals surface area (Å²) in [5, 5.41) is 11.7. The summed E-state index contributed by atoms with van der Waals surface area (Å²) in [6.45, 7) is 5.90. The van der Waals surface area contributed by atoms with Crippen molar-refractivity contribution in [1.82, 2.24) is 14.8 Å². The van der Waals surface area contributed by atoms with E-state index >= 15 is 0 Å². The summed E-state index contributed by atoms with van der Waals surface area (Å²) >= 11 is 7.25. The van der Waals surface area contributed by atoms with Gasteiger partial charge in [-0.1, -0.05) is 47.6 Å². The van der Waals surface area contributed by atoms with Gasteiger partial charge in [0.25, 0.3) is 0 Å². The third kappa shape index (κ3) is 6.52. The number of halogens is 4. The topological polar surface area (TPSA) is 69.0 Å². The molecule has 6 nitrogen and oxygen atoms in total. The van der Waals surface area contributed by atoms with Crippen LogP contribution in [0.4, 0.5) is 18.9 Å². The molecule has 0 fully saturated rings. The van der Waals surface area contributed by atoms with Crippen LogP contribution in [0.3, 0.4) is 0 Å². The van der Waals surface area contributed by atoms with Gasteiger partial charge in [-0.3, -0.25) is 9.36 Å². The molecule has 0 bridgehead atoms. The smallest absolute Gasteiger partial charge is 0.416 e. The second-order valence-electron chi connectivity index (χ2n) is 6.85. The van der Waals surface area contributed by atoms with Crippen molar-refractivity contribution in [1.29, 1.82) is 0 Å². The normalized spacial score (nSPS) is 12.3. The molecule has 11 heteroatoms. The average molecular weight is 497 g/mol. The number of amides is 1. The molecule has 0 saturated carbocycles. The number of nitrogens with one attached hydrogen (secondary N) is 1. The fourth-order valence-corrected chi connectivity index (χ4v) is 3.83. The third-order valence-electron chi connectivity index (χ3n) is 4.37. The molecule has 1 N–H and O–H groups in total. The zero-order chi connectivity index (χ0) is 24.0. The molecule has 1 aromatic heterocycles. The molecule has 0 aliphatic rings. The number of hydrogen-bond donors (Lipinski definition) is 1. The number of anilines is 1. The largest absolute Gasteiger partial charge is 0.481 e. The predicted octanol–water partition coefficient (Wildman–Crippen LogP) is 6.01. The van der Waals surface area contributed by atoms with Crippen molar-refractivity contribution in [3.8, 4) is 5.75 Å². The monoisotopic (exact) mass is 496 g/mol. The molecule has 33 heavy (non-hydrogen) atoms. The van der Waals surface area contributed by atoms with Gasteiger partial charge in [-0.25, -0.2) is 0 Å². The summed E-state index contributed by atoms with van der Waals surface area (Å²) in [7, 11) is 0. The highest BCUT2D eigenvalue weighted by Crippen LogP contribution is 2.31. The summed E-state index contributed by atoms with van der Waals surface area (Å²) in [4.78, 5) is 12.3. The third-order valence-corrected chi connectivity index (χ3v) is 5.65. The van der Waals surface area contributed by atoms with Crippen molar-refractivity contribution >= 4 is 35.0 Å². The lowest BCUT2D eigenvalue weighted by Crippen LogP contribution is -2.16. The molecule has 0 spiro atoms. The average Bonchev–Trinajstić information content (AvgIpc) is 3.16. The molecule has 3 rings (SSSR count). The summed E-state index contributed by atoms with van der Waals surface area (Å²) < 4.78 is 46.2. The van der Waals surface area contributed by atoms with Crippen molar-refractivity contribution in [2.75, 3.05) is 11.1 Å². The van der Waals surface area contributed by atoms with Crippen LogP contribution in [0.1, 0.15) is 24.4 Å². The van der Waals surface area contributed by atoms with Gasteiger partial charge in [-0.2, -0.15) is 13.2 Å². The first-order valence-corrected chi connectivity index (χ1v) is 11.1. The van der Waals surface area contributed by atoms with E-state index in [1.807, 2.05) is 0 Å². The highest BCUT2D eigenvalue weighted by atomic mass is 35.5. The Balaban J connectivity index is 1.67. The van der Waals surface area contributed by atoms with E-state index in [-0.39, 0.29) is 11.4 Å². The minimum atomic E-state index is -4.49. The quantitative estimate of drug-likeness (QED) is 0.290. The van der Waals surface area contributed by atoms with E-state index in [0.29, 0.717) is 28.3 Å². The number of nitrogens with zero attached hydrogens (tertiary/aromatic N) is 3. The minimum absolute atomic E-state index is 0.0606. The molecule has 1 unspecified atom stereocenters. The van der Waals surface area contributed by atoms with Gasteiger partial charge < -0.3 is 10.1 Å². The Kier molecular flexibility index (Phi) is 8.04. The summed E-state index contributed by atoms with van der Waals surface area (Å²) in [6, 6.07) is 11.5. The Hall–Kier alpha value is -2.98. The van der Waals surface area contributed by atoms with Crippen LogP contribution in [0.15, 0.2) is 66.3 Å². The van der Waals surface area contributed by atoms with Gasteiger partial charge in [0.05, 0.1) is 16.3 Å². The number of thioether (sulfide) groups is 1. The number of carbonyl (C=O) groups is 1. The van der Waals surface area contributed by atoms with Gasteiger partial charge in [-0.05, 0) is 37.3 Å². The van der Waals surface area contributed by atoms with Crippen LogP contribution in [-0.4, -0.2) is 26.4 Å². The van der Waals surface area contributed by atoms with Crippen LogP contribution in [0.25, 0.3) is 0 Å². The number of aromatic nitrogens is 3. The first-order chi connectivity index (χ1) is 15.7. The van der Waals surface area contributed by atoms with E-state index in [9.17, 15) is 18.0 Å². The van der Waals surface area contributed by atoms with Gasteiger partial charge in [0, 0.05) is 12.2 Å². The molecule has 174 valence electrons. The predicted molar refractivity (Wildman–Crippen MR) is 122 cm³/mol. The number of hydrogen-bond acceptors (Lipinski definition) is 5. The maximum atomic E-state index is 12.9. The first kappa shape index (κ1) is 24.7. The summed E-state index contributed by atoms with van der Waals surface area (Å²) in [5.74, 6) is 0.449. The molecular formula is C22H20ClF3N4O2S. The lowest BCUT2D eigenvalue weighted by atomic mass is 10.2. The number of ether oxygens (including phenoxy) is 1. The van der Waals surface area contributed by atoms with Crippen molar-refractivity contribution in [3.63, 3.8) is 0 Å². The van der Waals surface area contributed by atoms with Crippen LogP contribution < -0.4 is 10.1 Å². The minimum Gasteiger partial charge on any atom is -0.481 e. The Bertz CT molecular complexity index is 1140. The van der Waals surface area contributed by atoms with E-state index < -0.39 is 23.8 Å². The zero-order valence-corrected chi connectivity index (χ0v) is 19.0. The number of benzene rings is 2. The number of allylic oxidation sites excluding steroid dienone is 1. The summed E-state index contributed by atoms with van der Waals surface area (Å²) in [5.41, 5.74) is -0.777. The molecular weight excluding hydrogens is 477 g/mol. The lowest BCUT2D eigenvalue weighted by molar-refractivity contribution is -0.137. The van der Waals surface area contributed by atoms with Gasteiger partial charge >= 0.3 is 6.18 Å². The van der Waals surface area contributed by atoms with E-state index in [0.717, 1.165) is 23.9 Å². The Morgan fingerprint density at radius 3 is 2.73 bits per heavy atom. The second-order valence-corrected chi connectivity index (χ2v) is 8.20. The molecule has 3 aromatic rings. The van der Waals surface area contributed by atoms with Crippen LogP contribution in [-0.2, 0) is 17.5 Å². The first-order valence-electron chi connectivity index (χ1n) is 9.74. The van der Waals surface area contributed by atoms with E-state index in [1.165, 1.54) is 12.1 Å². The van der Waals surface area contributed by atoms with Gasteiger partial charge in [0.15, 0.2) is 17.1 Å². The molecule has 1 amide bonds. The van der Waals surface area contributed by atoms with Gasteiger partial charge in [0.1, 0.15) is 5.75 Å². The molecule has 0 saturated heterocycles. The standard InChI is InChI=1S/C22H20ClF3N4O2S/c1-3-11-30-20(14(2)32-18-10-5-4-9-17(18)23)28-29-21(30)33-13-19(31)27-16-8-6-7-15(12-16)22(24,25)26/h3-10,12,14H,1,11,13H2,2H3,(H,27,31). The van der Waals surface area contributed by atoms with Crippen molar-refractivity contribution in [3.05, 3.63) is 77.6 Å². The highest BCUT2D eigenvalue weighted by Gasteiger charge is 2.30. The molecule has 0 aliphatic heterocycles. The Morgan fingerprint density at radius 1 is 1.27 bits per heavy atom. The Morgan fingerprint density at radius 2 is 2.03 bits per heavy atom. The fourth-order valence-electron chi connectivity index (χ4n) is 2.89. The number of para-hydroxylation sites is 1. The maximum Gasteiger partial charge on any atom is 0.416 e. The van der Waals surface area contributed by atoms with Crippen LogP contribution >= 0.6 is 23.4 Å². The molecule has 0 radical (unpaired) electrons. The van der Waals surface area contributed by atoms with Crippen LogP contribution in [0.5, 0.6) is 5.75 Å². The summed E-state index contributed by atoms with van der Waals surface area (Å²) in [6.07, 6.45) is -3.33. The number of carbonyl (C=O) groups excluding carboxylic acids is 1. The van der Waals surface area contributed by atoms with Crippen molar-refractivity contribution in [2.45, 2.75) is 30.9 Å². The fraction of sp³-hybridized carbons (Fsp3) is 0.227. The zero-order valence-electron chi connectivity index (χ0n) is 17.5. The molecule has 0 aliphatic carbocycles. The van der Waals surface area contributed by atoms with Crippen LogP contribution in [0, 0.1) is 0 Å². The van der Waals surface area contributed by atoms with Crippen molar-refractivity contribution < 1.29 is 22.7 Å². The molecule has 2 aromatic carbocycles. The molecule has 1 heterocycles. The Labute approximate surface area is 197 Å². The van der Waals surface area contributed by atoms with Gasteiger partial charge in [0.2, 0.25) is 5.91 Å². The van der Waals surface area contributed by atoms with E-state index in [1.54, 1.807) is 41.8 Å². The van der Waals surface area contributed by atoms with Crippen LogP contribution in [0.2, 0.25) is 5.02 Å².